The van der Waals surface area contributed by atoms with Crippen LogP contribution in [0.25, 0.3) is 0 Å². The van der Waals surface area contributed by atoms with Crippen LogP contribution in [-0.2, 0) is 11.2 Å². The first-order valence-corrected chi connectivity index (χ1v) is 8.08. The second-order valence-corrected chi connectivity index (χ2v) is 6.85. The van der Waals surface area contributed by atoms with Crippen molar-refractivity contribution in [3.05, 3.63) is 22.4 Å². The van der Waals surface area contributed by atoms with E-state index in [1.165, 1.54) is 11.3 Å². The molecule has 1 fully saturated rings. The van der Waals surface area contributed by atoms with Gasteiger partial charge in [-0.1, -0.05) is 32.3 Å². The molecule has 3 N–H and O–H groups in total. The van der Waals surface area contributed by atoms with Gasteiger partial charge in [0, 0.05) is 11.4 Å². The van der Waals surface area contributed by atoms with E-state index in [1.807, 2.05) is 0 Å². The summed E-state index contributed by atoms with van der Waals surface area (Å²) in [7, 11) is 0. The Hall–Kier alpha value is -0.870. The summed E-state index contributed by atoms with van der Waals surface area (Å²) in [5.41, 5.74) is 5.60. The van der Waals surface area contributed by atoms with Crippen molar-refractivity contribution >= 4 is 17.2 Å². The van der Waals surface area contributed by atoms with Gasteiger partial charge < -0.3 is 11.1 Å². The van der Waals surface area contributed by atoms with Crippen LogP contribution in [0.5, 0.6) is 0 Å². The van der Waals surface area contributed by atoms with Gasteiger partial charge >= 0.3 is 0 Å². The third-order valence-corrected chi connectivity index (χ3v) is 4.84. The van der Waals surface area contributed by atoms with Crippen LogP contribution in [-0.4, -0.2) is 18.0 Å². The van der Waals surface area contributed by atoms with Crippen LogP contribution >= 0.6 is 11.3 Å². The van der Waals surface area contributed by atoms with Gasteiger partial charge in [0.25, 0.3) is 0 Å². The Morgan fingerprint density at radius 1 is 1.47 bits per heavy atom. The van der Waals surface area contributed by atoms with Crippen LogP contribution in [0.1, 0.15) is 43.9 Å². The fourth-order valence-corrected chi connectivity index (χ4v) is 3.57. The number of amides is 1. The van der Waals surface area contributed by atoms with Crippen LogP contribution in [0.3, 0.4) is 0 Å². The summed E-state index contributed by atoms with van der Waals surface area (Å²) in [6.07, 6.45) is 6.05. The lowest BCUT2D eigenvalue weighted by Gasteiger charge is -2.32. The predicted octanol–water partition coefficient (Wildman–Crippen LogP) is 2.70. The molecule has 4 heteroatoms. The van der Waals surface area contributed by atoms with Gasteiger partial charge in [-0.3, -0.25) is 4.79 Å². The number of carbonyl (C=O) groups is 1. The summed E-state index contributed by atoms with van der Waals surface area (Å²) < 4.78 is 0. The quantitative estimate of drug-likeness (QED) is 0.871. The Morgan fingerprint density at radius 3 is 2.84 bits per heavy atom. The summed E-state index contributed by atoms with van der Waals surface area (Å²) in [6, 6.07) is 4.22. The van der Waals surface area contributed by atoms with Crippen molar-refractivity contribution in [1.29, 1.82) is 0 Å². The van der Waals surface area contributed by atoms with Crippen molar-refractivity contribution in [2.75, 3.05) is 6.54 Å². The monoisotopic (exact) mass is 280 g/mol. The summed E-state index contributed by atoms with van der Waals surface area (Å²) in [5, 5.41) is 5.14. The number of nitrogens with two attached hydrogens (primary N) is 1. The van der Waals surface area contributed by atoms with Gasteiger partial charge in [-0.2, -0.15) is 0 Å². The molecular formula is C15H24N2OS. The molecule has 1 amide bonds. The van der Waals surface area contributed by atoms with E-state index in [0.29, 0.717) is 5.92 Å². The van der Waals surface area contributed by atoms with Crippen LogP contribution < -0.4 is 11.1 Å². The first-order chi connectivity index (χ1) is 9.10. The Bertz CT molecular complexity index is 396. The van der Waals surface area contributed by atoms with Gasteiger partial charge in [0.2, 0.25) is 5.91 Å². The molecule has 0 aliphatic heterocycles. The van der Waals surface area contributed by atoms with Crippen molar-refractivity contribution in [1.82, 2.24) is 5.32 Å². The lowest BCUT2D eigenvalue weighted by Crippen LogP contribution is -2.55. The van der Waals surface area contributed by atoms with E-state index in [4.69, 9.17) is 5.73 Å². The molecule has 0 saturated heterocycles. The zero-order valence-electron chi connectivity index (χ0n) is 11.7. The highest BCUT2D eigenvalue weighted by Crippen LogP contribution is 2.26. The zero-order valence-corrected chi connectivity index (χ0v) is 12.5. The summed E-state index contributed by atoms with van der Waals surface area (Å²) in [6.45, 7) is 2.89. The molecule has 19 heavy (non-hydrogen) atoms. The van der Waals surface area contributed by atoms with Crippen molar-refractivity contribution in [3.63, 3.8) is 0 Å². The molecule has 1 heterocycles. The number of hydrogen-bond acceptors (Lipinski definition) is 3. The van der Waals surface area contributed by atoms with E-state index >= 15 is 0 Å². The molecule has 2 rings (SSSR count). The maximum absolute atomic E-state index is 12.2. The highest BCUT2D eigenvalue weighted by Gasteiger charge is 2.35. The van der Waals surface area contributed by atoms with Crippen LogP contribution in [0, 0.1) is 5.92 Å². The summed E-state index contributed by atoms with van der Waals surface area (Å²) in [4.78, 5) is 13.6. The molecule has 1 atom stereocenters. The Balaban J connectivity index is 1.76. The highest BCUT2D eigenvalue weighted by atomic mass is 32.1. The molecule has 0 radical (unpaired) electrons. The normalized spacial score (nSPS) is 19.9. The molecule has 0 aromatic carbocycles. The summed E-state index contributed by atoms with van der Waals surface area (Å²) in [5.74, 6) is 0.500. The van der Waals surface area contributed by atoms with Gasteiger partial charge in [0.05, 0.1) is 5.54 Å². The minimum Gasteiger partial charge on any atom is -0.354 e. The van der Waals surface area contributed by atoms with Gasteiger partial charge in [-0.05, 0) is 36.6 Å². The van der Waals surface area contributed by atoms with E-state index in [1.54, 1.807) is 11.3 Å². The second kappa shape index (κ2) is 6.53. The molecule has 1 aliphatic rings. The Morgan fingerprint density at radius 2 is 2.21 bits per heavy atom. The fraction of sp³-hybridized carbons (Fsp3) is 0.667. The minimum absolute atomic E-state index is 0.0465. The van der Waals surface area contributed by atoms with E-state index in [-0.39, 0.29) is 5.91 Å². The van der Waals surface area contributed by atoms with Crippen LogP contribution in [0.2, 0.25) is 0 Å². The maximum atomic E-state index is 12.2. The number of rotatable bonds is 5. The first kappa shape index (κ1) is 14.5. The third-order valence-electron chi connectivity index (χ3n) is 3.94. The average molecular weight is 280 g/mol. The van der Waals surface area contributed by atoms with E-state index in [0.717, 1.165) is 38.6 Å². The van der Waals surface area contributed by atoms with E-state index < -0.39 is 5.54 Å². The van der Waals surface area contributed by atoms with E-state index in [9.17, 15) is 4.79 Å². The number of hydrogen-bond donors (Lipinski definition) is 2. The fourth-order valence-electron chi connectivity index (χ4n) is 2.70. The van der Waals surface area contributed by atoms with Gasteiger partial charge in [0.1, 0.15) is 0 Å². The molecule has 0 bridgehead atoms. The van der Waals surface area contributed by atoms with Gasteiger partial charge in [0.15, 0.2) is 0 Å². The minimum atomic E-state index is -0.610. The van der Waals surface area contributed by atoms with Crippen molar-refractivity contribution in [2.24, 2.45) is 11.7 Å². The SMILES string of the molecule is CC(CNC(=O)C1(N)CCCCC1)Cc1cccs1. The van der Waals surface area contributed by atoms with Gasteiger partial charge in [-0.15, -0.1) is 11.3 Å². The number of nitrogens with one attached hydrogen (secondary N) is 1. The Labute approximate surface area is 119 Å². The standard InChI is InChI=1S/C15H24N2OS/c1-12(10-13-6-5-9-19-13)11-17-14(18)15(16)7-3-2-4-8-15/h5-6,9,12H,2-4,7-8,10-11,16H2,1H3,(H,17,18). The maximum Gasteiger partial charge on any atom is 0.240 e. The van der Waals surface area contributed by atoms with Crippen molar-refractivity contribution in [2.45, 2.75) is 51.0 Å². The lowest BCUT2D eigenvalue weighted by molar-refractivity contribution is -0.127. The molecular weight excluding hydrogens is 256 g/mol. The topological polar surface area (TPSA) is 55.1 Å². The summed E-state index contributed by atoms with van der Waals surface area (Å²) >= 11 is 1.78. The molecule has 0 spiro atoms. The molecule has 1 aromatic heterocycles. The number of carbonyl (C=O) groups excluding carboxylic acids is 1. The predicted molar refractivity (Wildman–Crippen MR) is 80.2 cm³/mol. The van der Waals surface area contributed by atoms with Crippen LogP contribution in [0.4, 0.5) is 0 Å². The molecule has 1 unspecified atom stereocenters. The lowest BCUT2D eigenvalue weighted by atomic mass is 9.82. The van der Waals surface area contributed by atoms with E-state index in [2.05, 4.69) is 29.8 Å². The molecule has 1 aromatic rings. The zero-order chi connectivity index (χ0) is 13.7. The van der Waals surface area contributed by atoms with Crippen molar-refractivity contribution < 1.29 is 4.79 Å². The Kier molecular flexibility index (Phi) is 4.99. The average Bonchev–Trinajstić information content (AvgIpc) is 2.89. The smallest absolute Gasteiger partial charge is 0.240 e. The van der Waals surface area contributed by atoms with Crippen molar-refractivity contribution in [3.8, 4) is 0 Å². The first-order valence-electron chi connectivity index (χ1n) is 7.20. The second-order valence-electron chi connectivity index (χ2n) is 5.82. The molecule has 3 nitrogen and oxygen atoms in total. The van der Waals surface area contributed by atoms with Crippen LogP contribution in [0.15, 0.2) is 17.5 Å². The molecule has 106 valence electrons. The molecule has 1 saturated carbocycles. The third kappa shape index (κ3) is 4.05. The van der Waals surface area contributed by atoms with Gasteiger partial charge in [-0.25, -0.2) is 0 Å². The largest absolute Gasteiger partial charge is 0.354 e. The highest BCUT2D eigenvalue weighted by molar-refractivity contribution is 7.09. The number of thiophene rings is 1. The molecule has 1 aliphatic carbocycles.